The second-order valence-corrected chi connectivity index (χ2v) is 7.22. The first-order valence-electron chi connectivity index (χ1n) is 6.59. The molecule has 2 heterocycles. The Morgan fingerprint density at radius 2 is 1.80 bits per heavy atom. The molecule has 4 amide bonds. The lowest BCUT2D eigenvalue weighted by molar-refractivity contribution is -0.122. The minimum absolute atomic E-state index is 0.168. The van der Waals surface area contributed by atoms with Crippen LogP contribution in [0.5, 0.6) is 0 Å². The highest BCUT2D eigenvalue weighted by Crippen LogP contribution is 2.31. The Morgan fingerprint density at radius 1 is 1.08 bits per heavy atom. The summed E-state index contributed by atoms with van der Waals surface area (Å²) in [5.41, 5.74) is -0.0865. The number of benzene rings is 1. The normalized spacial score (nSPS) is 16.6. The van der Waals surface area contributed by atoms with Crippen LogP contribution in [0, 0.1) is 0 Å². The van der Waals surface area contributed by atoms with Gasteiger partial charge in [-0.3, -0.25) is 14.9 Å². The van der Waals surface area contributed by atoms with Gasteiger partial charge >= 0.3 is 6.03 Å². The number of barbiturate groups is 1. The Labute approximate surface area is 168 Å². The van der Waals surface area contributed by atoms with Crippen LogP contribution < -0.4 is 10.2 Å². The Bertz CT molecular complexity index is 936. The van der Waals surface area contributed by atoms with Crippen LogP contribution in [0.15, 0.2) is 43.4 Å². The Hall–Kier alpha value is -1.61. The number of hydrogen-bond donors (Lipinski definition) is 1. The average molecular weight is 509 g/mol. The first-order valence-corrected chi connectivity index (χ1v) is 8.93. The van der Waals surface area contributed by atoms with Gasteiger partial charge in [0, 0.05) is 0 Å². The summed E-state index contributed by atoms with van der Waals surface area (Å²) in [5, 5.41) is 2.54. The number of hydrogen-bond acceptors (Lipinski definition) is 4. The molecule has 1 aromatic heterocycles. The van der Waals surface area contributed by atoms with Gasteiger partial charge in [0.1, 0.15) is 11.3 Å². The van der Waals surface area contributed by atoms with E-state index in [9.17, 15) is 14.4 Å². The smallest absolute Gasteiger partial charge is 0.335 e. The van der Waals surface area contributed by atoms with Gasteiger partial charge in [-0.1, -0.05) is 23.2 Å². The molecule has 0 spiro atoms. The van der Waals surface area contributed by atoms with Gasteiger partial charge < -0.3 is 4.42 Å². The van der Waals surface area contributed by atoms with Crippen LogP contribution in [0.2, 0.25) is 10.0 Å². The van der Waals surface area contributed by atoms with Gasteiger partial charge in [-0.05, 0) is 62.2 Å². The number of furan rings is 1. The van der Waals surface area contributed by atoms with Crippen LogP contribution in [0.25, 0.3) is 6.08 Å². The number of rotatable bonds is 2. The van der Waals surface area contributed by atoms with E-state index in [0.717, 1.165) is 4.90 Å². The molecule has 1 saturated heterocycles. The van der Waals surface area contributed by atoms with Gasteiger partial charge in [0.15, 0.2) is 4.67 Å². The summed E-state index contributed by atoms with van der Waals surface area (Å²) in [6, 6.07) is 4.93. The third-order valence-corrected chi connectivity index (χ3v) is 5.66. The zero-order valence-electron chi connectivity index (χ0n) is 12.0. The number of nitrogens with zero attached hydrogens (tertiary/aromatic N) is 1. The topological polar surface area (TPSA) is 79.6 Å². The van der Waals surface area contributed by atoms with Crippen LogP contribution in [-0.2, 0) is 9.59 Å². The van der Waals surface area contributed by atoms with Crippen molar-refractivity contribution in [3.05, 3.63) is 54.8 Å². The van der Waals surface area contributed by atoms with Gasteiger partial charge in [-0.25, -0.2) is 9.69 Å². The molecule has 1 N–H and O–H groups in total. The third-order valence-electron chi connectivity index (χ3n) is 3.21. The van der Waals surface area contributed by atoms with Gasteiger partial charge in [0.2, 0.25) is 0 Å². The molecule has 1 aliphatic rings. The van der Waals surface area contributed by atoms with Crippen molar-refractivity contribution in [2.45, 2.75) is 0 Å². The molecule has 1 fully saturated rings. The zero-order valence-corrected chi connectivity index (χ0v) is 16.7. The highest BCUT2D eigenvalue weighted by molar-refractivity contribution is 9.13. The van der Waals surface area contributed by atoms with Crippen molar-refractivity contribution in [1.82, 2.24) is 5.32 Å². The maximum atomic E-state index is 12.7. The molecule has 10 heteroatoms. The lowest BCUT2D eigenvalue weighted by Crippen LogP contribution is -2.54. The maximum Gasteiger partial charge on any atom is 0.335 e. The minimum atomic E-state index is -0.882. The van der Waals surface area contributed by atoms with Crippen LogP contribution >= 0.6 is 55.1 Å². The second kappa shape index (κ2) is 6.95. The van der Waals surface area contributed by atoms with Crippen molar-refractivity contribution in [2.24, 2.45) is 0 Å². The van der Waals surface area contributed by atoms with Crippen LogP contribution in [0.1, 0.15) is 5.76 Å². The predicted molar refractivity (Wildman–Crippen MR) is 99.6 cm³/mol. The molecular weight excluding hydrogens is 503 g/mol. The van der Waals surface area contributed by atoms with Gasteiger partial charge in [-0.2, -0.15) is 0 Å². The van der Waals surface area contributed by atoms with E-state index in [4.69, 9.17) is 27.6 Å². The number of amides is 4. The molecule has 3 rings (SSSR count). The van der Waals surface area contributed by atoms with Crippen LogP contribution in [0.4, 0.5) is 10.5 Å². The summed E-state index contributed by atoms with van der Waals surface area (Å²) >= 11 is 18.2. The molecule has 0 saturated carbocycles. The fourth-order valence-corrected chi connectivity index (χ4v) is 2.99. The van der Waals surface area contributed by atoms with E-state index in [1.54, 1.807) is 6.07 Å². The Morgan fingerprint density at radius 3 is 2.40 bits per heavy atom. The number of anilines is 1. The summed E-state index contributed by atoms with van der Waals surface area (Å²) < 4.78 is 6.35. The molecule has 0 bridgehead atoms. The summed E-state index contributed by atoms with van der Waals surface area (Å²) in [5.74, 6) is -1.38. The number of imide groups is 2. The molecule has 0 radical (unpaired) electrons. The monoisotopic (exact) mass is 506 g/mol. The van der Waals surface area contributed by atoms with Crippen molar-refractivity contribution in [2.75, 3.05) is 4.90 Å². The average Bonchev–Trinajstić information content (AvgIpc) is 2.85. The van der Waals surface area contributed by atoms with Crippen molar-refractivity contribution in [3.63, 3.8) is 0 Å². The first-order chi connectivity index (χ1) is 11.8. The fourth-order valence-electron chi connectivity index (χ4n) is 2.09. The molecule has 2 aromatic rings. The highest BCUT2D eigenvalue weighted by Gasteiger charge is 2.37. The van der Waals surface area contributed by atoms with Crippen molar-refractivity contribution < 1.29 is 18.8 Å². The lowest BCUT2D eigenvalue weighted by Gasteiger charge is -2.26. The van der Waals surface area contributed by atoms with Gasteiger partial charge in [0.05, 0.1) is 20.2 Å². The molecule has 128 valence electrons. The number of nitrogens with one attached hydrogen (secondary N) is 1. The summed E-state index contributed by atoms with van der Waals surface area (Å²) in [6.07, 6.45) is 1.24. The second-order valence-electron chi connectivity index (χ2n) is 4.83. The number of carbonyl (C=O) groups excluding carboxylic acids is 3. The molecule has 25 heavy (non-hydrogen) atoms. The van der Waals surface area contributed by atoms with Gasteiger partial charge in [0.25, 0.3) is 11.8 Å². The van der Waals surface area contributed by atoms with E-state index in [1.807, 2.05) is 0 Å². The summed E-state index contributed by atoms with van der Waals surface area (Å²) in [7, 11) is 0. The van der Waals surface area contributed by atoms with E-state index in [2.05, 4.69) is 37.2 Å². The molecule has 0 aliphatic carbocycles. The molecule has 6 nitrogen and oxygen atoms in total. The lowest BCUT2D eigenvalue weighted by atomic mass is 10.1. The SMILES string of the molecule is O=C1NC(=O)N(c2ccc(Cl)c(Cl)c2)C(=O)/C1=C/c1cc(Br)c(Br)o1. The van der Waals surface area contributed by atoms with E-state index in [1.165, 1.54) is 24.3 Å². The summed E-state index contributed by atoms with van der Waals surface area (Å²) in [4.78, 5) is 37.6. The van der Waals surface area contributed by atoms with Crippen LogP contribution in [0.3, 0.4) is 0 Å². The Kier molecular flexibility index (Phi) is 5.06. The molecular formula is C15H6Br2Cl2N2O4. The van der Waals surface area contributed by atoms with Crippen molar-refractivity contribution in [3.8, 4) is 0 Å². The molecule has 1 aliphatic heterocycles. The number of urea groups is 1. The zero-order chi connectivity index (χ0) is 18.3. The first kappa shape index (κ1) is 18.2. The predicted octanol–water partition coefficient (Wildman–Crippen LogP) is 4.78. The van der Waals surface area contributed by atoms with E-state index >= 15 is 0 Å². The van der Waals surface area contributed by atoms with Crippen LogP contribution in [-0.4, -0.2) is 17.8 Å². The van der Waals surface area contributed by atoms with Crippen molar-refractivity contribution in [1.29, 1.82) is 0 Å². The van der Waals surface area contributed by atoms with E-state index < -0.39 is 17.8 Å². The fraction of sp³-hybridized carbons (Fsp3) is 0. The largest absolute Gasteiger partial charge is 0.449 e. The molecule has 1 aromatic carbocycles. The standard InChI is InChI=1S/C15H6Br2Cl2N2O4/c16-9-5-7(25-12(9)17)4-8-13(22)20-15(24)21(14(8)23)6-1-2-10(18)11(19)3-6/h1-5H,(H,20,22,24)/b8-4+. The maximum absolute atomic E-state index is 12.7. The number of carbonyl (C=O) groups is 3. The van der Waals surface area contributed by atoms with E-state index in [0.29, 0.717) is 9.14 Å². The third kappa shape index (κ3) is 3.52. The Balaban J connectivity index is 2.03. The molecule has 0 atom stereocenters. The molecule has 0 unspecified atom stereocenters. The minimum Gasteiger partial charge on any atom is -0.449 e. The summed E-state index contributed by atoms with van der Waals surface area (Å²) in [6.45, 7) is 0. The highest BCUT2D eigenvalue weighted by atomic mass is 79.9. The van der Waals surface area contributed by atoms with Gasteiger partial charge in [-0.15, -0.1) is 0 Å². The van der Waals surface area contributed by atoms with E-state index in [-0.39, 0.29) is 27.1 Å². The quantitative estimate of drug-likeness (QED) is 0.468. The van der Waals surface area contributed by atoms with Crippen molar-refractivity contribution >= 4 is 84.7 Å². The number of halogens is 4.